The molecule has 2 aliphatic rings. The van der Waals surface area contributed by atoms with Gasteiger partial charge in [0.25, 0.3) is 0 Å². The molecule has 1 aliphatic carbocycles. The van der Waals surface area contributed by atoms with Crippen LogP contribution in [0.4, 0.5) is 4.79 Å². The molecule has 3 atom stereocenters. The Kier molecular flexibility index (Phi) is 5.18. The Morgan fingerprint density at radius 3 is 3.04 bits per heavy atom. The third kappa shape index (κ3) is 3.85. The summed E-state index contributed by atoms with van der Waals surface area (Å²) < 4.78 is 10.9. The molecule has 1 aliphatic heterocycles. The highest BCUT2D eigenvalue weighted by Gasteiger charge is 2.29. The highest BCUT2D eigenvalue weighted by atomic mass is 16.5. The zero-order chi connectivity index (χ0) is 16.2. The highest BCUT2D eigenvalue weighted by molar-refractivity contribution is 5.74. The largest absolute Gasteiger partial charge is 0.382 e. The normalized spacial score (nSPS) is 26.9. The molecule has 1 aromatic carbocycles. The van der Waals surface area contributed by atoms with Gasteiger partial charge in [-0.3, -0.25) is 0 Å². The van der Waals surface area contributed by atoms with Gasteiger partial charge in [-0.25, -0.2) is 4.79 Å². The van der Waals surface area contributed by atoms with Gasteiger partial charge in [-0.2, -0.15) is 0 Å². The van der Waals surface area contributed by atoms with Gasteiger partial charge in [0.2, 0.25) is 0 Å². The first-order chi connectivity index (χ1) is 11.2. The average Bonchev–Trinajstić information content (AvgIpc) is 2.95. The summed E-state index contributed by atoms with van der Waals surface area (Å²) in [5, 5.41) is 3.11. The molecule has 1 heterocycles. The van der Waals surface area contributed by atoms with Crippen LogP contribution in [0, 0.1) is 0 Å². The van der Waals surface area contributed by atoms with Crippen molar-refractivity contribution in [2.45, 2.75) is 37.9 Å². The van der Waals surface area contributed by atoms with E-state index in [2.05, 4.69) is 29.6 Å². The van der Waals surface area contributed by atoms with E-state index in [0.717, 1.165) is 12.8 Å². The summed E-state index contributed by atoms with van der Waals surface area (Å²) in [7, 11) is 1.66. The summed E-state index contributed by atoms with van der Waals surface area (Å²) in [4.78, 5) is 14.3. The van der Waals surface area contributed by atoms with Crippen LogP contribution < -0.4 is 5.32 Å². The van der Waals surface area contributed by atoms with E-state index in [0.29, 0.717) is 32.2 Å². The molecule has 0 saturated carbocycles. The fourth-order valence-corrected chi connectivity index (χ4v) is 3.67. The van der Waals surface area contributed by atoms with Gasteiger partial charge >= 0.3 is 6.03 Å². The molecule has 1 aromatic rings. The minimum atomic E-state index is -0.0401. The number of morpholine rings is 1. The van der Waals surface area contributed by atoms with Crippen LogP contribution in [0.3, 0.4) is 0 Å². The number of hydrogen-bond acceptors (Lipinski definition) is 3. The number of nitrogens with one attached hydrogen (secondary N) is 1. The van der Waals surface area contributed by atoms with E-state index in [9.17, 15) is 4.79 Å². The molecule has 3 rings (SSSR count). The number of fused-ring (bicyclic) bond motifs is 1. The van der Waals surface area contributed by atoms with Crippen molar-refractivity contribution in [1.82, 2.24) is 10.2 Å². The second kappa shape index (κ2) is 7.32. The predicted octanol–water partition coefficient (Wildman–Crippen LogP) is 2.16. The number of amides is 2. The number of benzene rings is 1. The summed E-state index contributed by atoms with van der Waals surface area (Å²) >= 11 is 0. The molecule has 5 nitrogen and oxygen atoms in total. The van der Waals surface area contributed by atoms with Crippen LogP contribution in [-0.4, -0.2) is 56.5 Å². The van der Waals surface area contributed by atoms with Gasteiger partial charge in [-0.1, -0.05) is 24.3 Å². The number of methoxy groups -OCH3 is 1. The quantitative estimate of drug-likeness (QED) is 0.925. The minimum Gasteiger partial charge on any atom is -0.382 e. The Hall–Kier alpha value is -1.59. The van der Waals surface area contributed by atoms with E-state index in [-0.39, 0.29) is 18.2 Å². The number of ether oxygens (including phenoxy) is 2. The molecule has 2 amide bonds. The SMILES string of the molecule is COC[C@@H]1CN(C(=O)NC[C@H]2CCc3ccccc32)C[C@@H](C)O1. The Morgan fingerprint density at radius 2 is 2.22 bits per heavy atom. The molecule has 0 aromatic heterocycles. The second-order valence-corrected chi connectivity index (χ2v) is 6.55. The zero-order valence-electron chi connectivity index (χ0n) is 14.0. The molecule has 1 N–H and O–H groups in total. The molecule has 5 heteroatoms. The maximum atomic E-state index is 12.5. The number of hydrogen-bond donors (Lipinski definition) is 1. The van der Waals surface area contributed by atoms with Crippen molar-refractivity contribution in [2.75, 3.05) is 33.4 Å². The number of carbonyl (C=O) groups is 1. The first-order valence-electron chi connectivity index (χ1n) is 8.42. The van der Waals surface area contributed by atoms with Crippen LogP contribution >= 0.6 is 0 Å². The van der Waals surface area contributed by atoms with E-state index in [1.807, 2.05) is 11.8 Å². The lowest BCUT2D eigenvalue weighted by atomic mass is 10.0. The lowest BCUT2D eigenvalue weighted by Gasteiger charge is -2.36. The van der Waals surface area contributed by atoms with Crippen LogP contribution in [0.1, 0.15) is 30.4 Å². The zero-order valence-corrected chi connectivity index (χ0v) is 14.0. The van der Waals surface area contributed by atoms with E-state index < -0.39 is 0 Å². The van der Waals surface area contributed by atoms with Crippen LogP contribution in [-0.2, 0) is 15.9 Å². The highest BCUT2D eigenvalue weighted by Crippen LogP contribution is 2.32. The van der Waals surface area contributed by atoms with Crippen molar-refractivity contribution in [1.29, 1.82) is 0 Å². The second-order valence-electron chi connectivity index (χ2n) is 6.55. The molecule has 23 heavy (non-hydrogen) atoms. The van der Waals surface area contributed by atoms with Gasteiger partial charge < -0.3 is 19.7 Å². The van der Waals surface area contributed by atoms with Gasteiger partial charge in [0.1, 0.15) is 0 Å². The van der Waals surface area contributed by atoms with Crippen LogP contribution in [0.2, 0.25) is 0 Å². The summed E-state index contributed by atoms with van der Waals surface area (Å²) in [5.41, 5.74) is 2.81. The fraction of sp³-hybridized carbons (Fsp3) is 0.611. The topological polar surface area (TPSA) is 50.8 Å². The van der Waals surface area contributed by atoms with Gasteiger partial charge in [0.15, 0.2) is 0 Å². The van der Waals surface area contributed by atoms with Gasteiger partial charge in [-0.15, -0.1) is 0 Å². The lowest BCUT2D eigenvalue weighted by Crippen LogP contribution is -2.53. The molecule has 1 saturated heterocycles. The molecule has 0 radical (unpaired) electrons. The third-order valence-electron chi connectivity index (χ3n) is 4.72. The van der Waals surface area contributed by atoms with Crippen molar-refractivity contribution in [3.05, 3.63) is 35.4 Å². The van der Waals surface area contributed by atoms with E-state index in [1.165, 1.54) is 11.1 Å². The van der Waals surface area contributed by atoms with Crippen LogP contribution in [0.25, 0.3) is 0 Å². The Bertz CT molecular complexity index is 549. The Balaban J connectivity index is 1.53. The van der Waals surface area contributed by atoms with E-state index >= 15 is 0 Å². The monoisotopic (exact) mass is 318 g/mol. The first kappa shape index (κ1) is 16.3. The Labute approximate surface area is 137 Å². The minimum absolute atomic E-state index is 0.00522. The molecule has 0 unspecified atom stereocenters. The van der Waals surface area contributed by atoms with Crippen LogP contribution in [0.5, 0.6) is 0 Å². The smallest absolute Gasteiger partial charge is 0.317 e. The fourth-order valence-electron chi connectivity index (χ4n) is 3.67. The van der Waals surface area contributed by atoms with E-state index in [1.54, 1.807) is 7.11 Å². The van der Waals surface area contributed by atoms with Crippen molar-refractivity contribution in [2.24, 2.45) is 0 Å². The predicted molar refractivity (Wildman–Crippen MR) is 88.7 cm³/mol. The summed E-state index contributed by atoms with van der Waals surface area (Å²) in [6, 6.07) is 8.55. The molecule has 126 valence electrons. The number of aryl methyl sites for hydroxylation is 1. The molecular weight excluding hydrogens is 292 g/mol. The maximum Gasteiger partial charge on any atom is 0.317 e. The molecule has 1 fully saturated rings. The third-order valence-corrected chi connectivity index (χ3v) is 4.72. The standard InChI is InChI=1S/C18H26N2O3/c1-13-10-20(11-16(23-13)12-22-2)18(21)19-9-15-8-7-14-5-3-4-6-17(14)15/h3-6,13,15-16H,7-12H2,1-2H3,(H,19,21)/t13-,15-,16+/m1/s1. The molecule has 0 spiro atoms. The van der Waals surface area contributed by atoms with Crippen molar-refractivity contribution < 1.29 is 14.3 Å². The van der Waals surface area contributed by atoms with Gasteiger partial charge in [0.05, 0.1) is 25.4 Å². The van der Waals surface area contributed by atoms with Crippen molar-refractivity contribution in [3.63, 3.8) is 0 Å². The van der Waals surface area contributed by atoms with E-state index in [4.69, 9.17) is 9.47 Å². The number of nitrogens with zero attached hydrogens (tertiary/aromatic N) is 1. The summed E-state index contributed by atoms with van der Waals surface area (Å²) in [6.07, 6.45) is 2.23. The molecular formula is C18H26N2O3. The maximum absolute atomic E-state index is 12.5. The summed E-state index contributed by atoms with van der Waals surface area (Å²) in [5.74, 6) is 0.434. The van der Waals surface area contributed by atoms with Gasteiger partial charge in [-0.05, 0) is 30.9 Å². The van der Waals surface area contributed by atoms with Gasteiger partial charge in [0, 0.05) is 26.1 Å². The average molecular weight is 318 g/mol. The molecule has 0 bridgehead atoms. The van der Waals surface area contributed by atoms with Crippen molar-refractivity contribution in [3.8, 4) is 0 Å². The lowest BCUT2D eigenvalue weighted by molar-refractivity contribution is -0.0896. The van der Waals surface area contributed by atoms with Crippen LogP contribution in [0.15, 0.2) is 24.3 Å². The van der Waals surface area contributed by atoms with Crippen molar-refractivity contribution >= 4 is 6.03 Å². The summed E-state index contributed by atoms with van der Waals surface area (Å²) in [6.45, 7) is 4.44. The number of rotatable bonds is 4. The first-order valence-corrected chi connectivity index (χ1v) is 8.42. The number of carbonyl (C=O) groups excluding carboxylic acids is 1. The number of urea groups is 1. The Morgan fingerprint density at radius 1 is 1.39 bits per heavy atom.